The standard InChI is InChI=1S/C15H24N4O3/c1-3-4-5-14(20)18-8-10-19(11-9-18)15(21)7-6-13-17-16-12(2)22-13/h3-11H2,1-2H3. The molecule has 0 saturated carbocycles. The molecule has 0 unspecified atom stereocenters. The van der Waals surface area contributed by atoms with E-state index in [1.54, 1.807) is 6.92 Å². The van der Waals surface area contributed by atoms with Crippen molar-refractivity contribution in [2.75, 3.05) is 26.2 Å². The van der Waals surface area contributed by atoms with Gasteiger partial charge in [-0.25, -0.2) is 0 Å². The van der Waals surface area contributed by atoms with Gasteiger partial charge >= 0.3 is 0 Å². The molecular formula is C15H24N4O3. The van der Waals surface area contributed by atoms with E-state index in [0.29, 0.717) is 57.2 Å². The summed E-state index contributed by atoms with van der Waals surface area (Å²) in [5.74, 6) is 1.30. The van der Waals surface area contributed by atoms with Gasteiger partial charge in [0, 0.05) is 52.4 Å². The molecular weight excluding hydrogens is 284 g/mol. The average molecular weight is 308 g/mol. The molecule has 0 radical (unpaired) electrons. The third-order valence-corrected chi connectivity index (χ3v) is 3.85. The van der Waals surface area contributed by atoms with Crippen molar-refractivity contribution in [3.05, 3.63) is 11.8 Å². The van der Waals surface area contributed by atoms with E-state index < -0.39 is 0 Å². The molecule has 7 nitrogen and oxygen atoms in total. The summed E-state index contributed by atoms with van der Waals surface area (Å²) in [6.07, 6.45) is 3.41. The molecule has 0 N–H and O–H groups in total. The van der Waals surface area contributed by atoms with Gasteiger partial charge in [0.25, 0.3) is 0 Å². The zero-order chi connectivity index (χ0) is 15.9. The second-order valence-electron chi connectivity index (χ2n) is 5.58. The van der Waals surface area contributed by atoms with Gasteiger partial charge in [0.15, 0.2) is 0 Å². The Bertz CT molecular complexity index is 507. The molecule has 22 heavy (non-hydrogen) atoms. The van der Waals surface area contributed by atoms with Crippen LogP contribution in [0, 0.1) is 6.92 Å². The number of hydrogen-bond donors (Lipinski definition) is 0. The summed E-state index contributed by atoms with van der Waals surface area (Å²) in [7, 11) is 0. The summed E-state index contributed by atoms with van der Waals surface area (Å²) in [6.45, 7) is 6.29. The van der Waals surface area contributed by atoms with Crippen LogP contribution in [0.25, 0.3) is 0 Å². The Morgan fingerprint density at radius 2 is 1.64 bits per heavy atom. The number of amides is 2. The Morgan fingerprint density at radius 3 is 2.14 bits per heavy atom. The van der Waals surface area contributed by atoms with Crippen LogP contribution in [-0.2, 0) is 16.0 Å². The molecule has 1 aromatic rings. The second-order valence-corrected chi connectivity index (χ2v) is 5.58. The lowest BCUT2D eigenvalue weighted by Gasteiger charge is -2.34. The first kappa shape index (κ1) is 16.5. The predicted octanol–water partition coefficient (Wildman–Crippen LogP) is 1.17. The zero-order valence-electron chi connectivity index (χ0n) is 13.4. The van der Waals surface area contributed by atoms with Gasteiger partial charge in [-0.1, -0.05) is 13.3 Å². The molecule has 0 atom stereocenters. The predicted molar refractivity (Wildman–Crippen MR) is 80.0 cm³/mol. The SMILES string of the molecule is CCCCC(=O)N1CCN(C(=O)CCc2nnc(C)o2)CC1. The van der Waals surface area contributed by atoms with Gasteiger partial charge in [-0.2, -0.15) is 0 Å². The topological polar surface area (TPSA) is 79.5 Å². The Balaban J connectivity index is 1.71. The molecule has 7 heteroatoms. The van der Waals surface area contributed by atoms with Gasteiger partial charge in [-0.05, 0) is 6.42 Å². The van der Waals surface area contributed by atoms with E-state index >= 15 is 0 Å². The first-order valence-electron chi connectivity index (χ1n) is 7.94. The van der Waals surface area contributed by atoms with Crippen molar-refractivity contribution >= 4 is 11.8 Å². The summed E-state index contributed by atoms with van der Waals surface area (Å²) >= 11 is 0. The fourth-order valence-electron chi connectivity index (χ4n) is 2.50. The van der Waals surface area contributed by atoms with E-state index in [2.05, 4.69) is 17.1 Å². The summed E-state index contributed by atoms with van der Waals surface area (Å²) < 4.78 is 5.26. The van der Waals surface area contributed by atoms with Crippen LogP contribution in [0.15, 0.2) is 4.42 Å². The highest BCUT2D eigenvalue weighted by molar-refractivity contribution is 5.78. The van der Waals surface area contributed by atoms with Crippen molar-refractivity contribution < 1.29 is 14.0 Å². The van der Waals surface area contributed by atoms with Crippen LogP contribution in [0.4, 0.5) is 0 Å². The smallest absolute Gasteiger partial charge is 0.223 e. The highest BCUT2D eigenvalue weighted by Crippen LogP contribution is 2.09. The van der Waals surface area contributed by atoms with Gasteiger partial charge < -0.3 is 14.2 Å². The maximum absolute atomic E-state index is 12.2. The minimum Gasteiger partial charge on any atom is -0.426 e. The minimum atomic E-state index is 0.0801. The van der Waals surface area contributed by atoms with Crippen LogP contribution in [-0.4, -0.2) is 58.0 Å². The van der Waals surface area contributed by atoms with E-state index in [1.807, 2.05) is 9.80 Å². The van der Waals surface area contributed by atoms with E-state index in [4.69, 9.17) is 4.42 Å². The monoisotopic (exact) mass is 308 g/mol. The van der Waals surface area contributed by atoms with Crippen molar-refractivity contribution in [2.45, 2.75) is 46.0 Å². The number of rotatable bonds is 6. The fraction of sp³-hybridized carbons (Fsp3) is 0.733. The quantitative estimate of drug-likeness (QED) is 0.788. The van der Waals surface area contributed by atoms with Crippen LogP contribution in [0.5, 0.6) is 0 Å². The summed E-state index contributed by atoms with van der Waals surface area (Å²) in [4.78, 5) is 27.8. The Hall–Kier alpha value is -1.92. The van der Waals surface area contributed by atoms with E-state index in [1.165, 1.54) is 0 Å². The van der Waals surface area contributed by atoms with Gasteiger partial charge in [-0.3, -0.25) is 9.59 Å². The molecule has 0 aliphatic carbocycles. The molecule has 0 spiro atoms. The van der Waals surface area contributed by atoms with E-state index in [0.717, 1.165) is 12.8 Å². The zero-order valence-corrected chi connectivity index (χ0v) is 13.4. The Morgan fingerprint density at radius 1 is 1.05 bits per heavy atom. The van der Waals surface area contributed by atoms with Gasteiger partial charge in [0.05, 0.1) is 0 Å². The van der Waals surface area contributed by atoms with Crippen molar-refractivity contribution in [1.29, 1.82) is 0 Å². The molecule has 1 aliphatic rings. The van der Waals surface area contributed by atoms with Gasteiger partial charge in [0.1, 0.15) is 0 Å². The van der Waals surface area contributed by atoms with E-state index in [-0.39, 0.29) is 11.8 Å². The maximum atomic E-state index is 12.2. The first-order valence-corrected chi connectivity index (χ1v) is 7.94. The number of unbranched alkanes of at least 4 members (excludes halogenated alkanes) is 1. The highest BCUT2D eigenvalue weighted by Gasteiger charge is 2.23. The summed E-state index contributed by atoms with van der Waals surface area (Å²) in [5.41, 5.74) is 0. The maximum Gasteiger partial charge on any atom is 0.223 e. The molecule has 2 rings (SSSR count). The van der Waals surface area contributed by atoms with Gasteiger partial charge in [-0.15, -0.1) is 10.2 Å². The molecule has 1 fully saturated rings. The number of carbonyl (C=O) groups is 2. The Kier molecular flexibility index (Phi) is 5.91. The number of aryl methyl sites for hydroxylation is 2. The van der Waals surface area contributed by atoms with Crippen LogP contribution in [0.3, 0.4) is 0 Å². The largest absolute Gasteiger partial charge is 0.426 e. The number of piperazine rings is 1. The third-order valence-electron chi connectivity index (χ3n) is 3.85. The lowest BCUT2D eigenvalue weighted by atomic mass is 10.2. The first-order chi connectivity index (χ1) is 10.6. The molecule has 1 saturated heterocycles. The van der Waals surface area contributed by atoms with E-state index in [9.17, 15) is 9.59 Å². The van der Waals surface area contributed by atoms with Crippen LogP contribution < -0.4 is 0 Å². The number of carbonyl (C=O) groups excluding carboxylic acids is 2. The summed E-state index contributed by atoms with van der Waals surface area (Å²) in [5, 5.41) is 7.63. The molecule has 0 aromatic carbocycles. The van der Waals surface area contributed by atoms with Crippen LogP contribution in [0.1, 0.15) is 44.4 Å². The number of nitrogens with zero attached hydrogens (tertiary/aromatic N) is 4. The molecule has 2 amide bonds. The lowest BCUT2D eigenvalue weighted by Crippen LogP contribution is -2.50. The van der Waals surface area contributed by atoms with Crippen LogP contribution >= 0.6 is 0 Å². The molecule has 122 valence electrons. The summed E-state index contributed by atoms with van der Waals surface area (Å²) in [6, 6.07) is 0. The average Bonchev–Trinajstić information content (AvgIpc) is 2.96. The molecule has 1 aromatic heterocycles. The van der Waals surface area contributed by atoms with Crippen molar-refractivity contribution in [1.82, 2.24) is 20.0 Å². The Labute approximate surface area is 130 Å². The number of hydrogen-bond acceptors (Lipinski definition) is 5. The minimum absolute atomic E-state index is 0.0801. The van der Waals surface area contributed by atoms with Gasteiger partial charge in [0.2, 0.25) is 23.6 Å². The highest BCUT2D eigenvalue weighted by atomic mass is 16.4. The molecule has 1 aliphatic heterocycles. The third kappa shape index (κ3) is 4.54. The van der Waals surface area contributed by atoms with Crippen molar-refractivity contribution in [3.8, 4) is 0 Å². The normalized spacial score (nSPS) is 15.2. The van der Waals surface area contributed by atoms with Crippen molar-refractivity contribution in [3.63, 3.8) is 0 Å². The van der Waals surface area contributed by atoms with Crippen molar-refractivity contribution in [2.24, 2.45) is 0 Å². The fourth-order valence-corrected chi connectivity index (χ4v) is 2.50. The van der Waals surface area contributed by atoms with Crippen LogP contribution in [0.2, 0.25) is 0 Å². The molecule has 0 bridgehead atoms. The second kappa shape index (κ2) is 7.91. The molecule has 2 heterocycles. The number of aromatic nitrogens is 2. The lowest BCUT2D eigenvalue weighted by molar-refractivity contribution is -0.139.